The maximum absolute atomic E-state index is 10.3. The minimum atomic E-state index is -0.632. The fourth-order valence-corrected chi connectivity index (χ4v) is 4.59. The number of fused-ring (bicyclic) bond motifs is 5. The molecule has 2 bridgehead atoms. The van der Waals surface area contributed by atoms with Crippen LogP contribution in [0.25, 0.3) is 0 Å². The first-order chi connectivity index (χ1) is 8.47. The van der Waals surface area contributed by atoms with Crippen molar-refractivity contribution in [1.29, 1.82) is 0 Å². The second-order valence-electron chi connectivity index (χ2n) is 6.82. The summed E-state index contributed by atoms with van der Waals surface area (Å²) in [5, 5.41) is 10.3. The Morgan fingerprint density at radius 1 is 1.06 bits per heavy atom. The van der Waals surface area contributed by atoms with Crippen molar-refractivity contribution in [1.82, 2.24) is 0 Å². The van der Waals surface area contributed by atoms with Crippen LogP contribution in [-0.4, -0.2) is 35.1 Å². The van der Waals surface area contributed by atoms with E-state index < -0.39 is 5.60 Å². The lowest BCUT2D eigenvalue weighted by atomic mass is 9.67. The van der Waals surface area contributed by atoms with Crippen LogP contribution in [-0.2, 0) is 9.47 Å². The quantitative estimate of drug-likeness (QED) is 0.840. The lowest BCUT2D eigenvalue weighted by molar-refractivity contribution is -0.0579. The van der Waals surface area contributed by atoms with Crippen LogP contribution in [0.2, 0.25) is 0 Å². The van der Waals surface area contributed by atoms with Gasteiger partial charge in [-0.25, -0.2) is 0 Å². The second-order valence-corrected chi connectivity index (χ2v) is 6.82. The van der Waals surface area contributed by atoms with Gasteiger partial charge in [0.2, 0.25) is 0 Å². The molecule has 3 nitrogen and oxygen atoms in total. The van der Waals surface area contributed by atoms with Gasteiger partial charge in [-0.3, -0.25) is 0 Å². The van der Waals surface area contributed by atoms with Gasteiger partial charge in [0.25, 0.3) is 0 Å². The third-order valence-electron chi connectivity index (χ3n) is 5.39. The average Bonchev–Trinajstić information content (AvgIpc) is 2.97. The van der Waals surface area contributed by atoms with E-state index in [9.17, 15) is 5.11 Å². The molecule has 0 aromatic rings. The van der Waals surface area contributed by atoms with Crippen molar-refractivity contribution in [2.24, 2.45) is 17.8 Å². The topological polar surface area (TPSA) is 38.7 Å². The van der Waals surface area contributed by atoms with Gasteiger partial charge in [0.15, 0.2) is 0 Å². The van der Waals surface area contributed by atoms with Gasteiger partial charge in [-0.1, -0.05) is 13.8 Å². The molecule has 0 radical (unpaired) electrons. The maximum Gasteiger partial charge on any atom is 0.0692 e. The zero-order chi connectivity index (χ0) is 13.1. The lowest BCUT2D eigenvalue weighted by Crippen LogP contribution is -2.45. The highest BCUT2D eigenvalue weighted by molar-refractivity contribution is 5.11. The molecular formula is C15H26O3. The highest BCUT2D eigenvalue weighted by Crippen LogP contribution is 2.57. The summed E-state index contributed by atoms with van der Waals surface area (Å²) in [6.45, 7) is 8.25. The second kappa shape index (κ2) is 4.19. The monoisotopic (exact) mass is 254 g/mol. The van der Waals surface area contributed by atoms with E-state index in [1.54, 1.807) is 0 Å². The van der Waals surface area contributed by atoms with Gasteiger partial charge >= 0.3 is 0 Å². The highest BCUT2D eigenvalue weighted by Gasteiger charge is 2.64. The van der Waals surface area contributed by atoms with Crippen molar-refractivity contribution in [3.63, 3.8) is 0 Å². The van der Waals surface area contributed by atoms with E-state index in [0.717, 1.165) is 19.3 Å². The molecule has 0 saturated carbocycles. The van der Waals surface area contributed by atoms with E-state index in [1.807, 2.05) is 13.8 Å². The first-order valence-corrected chi connectivity index (χ1v) is 7.50. The van der Waals surface area contributed by atoms with Gasteiger partial charge in [0, 0.05) is 17.8 Å². The Morgan fingerprint density at radius 2 is 1.67 bits per heavy atom. The van der Waals surface area contributed by atoms with Gasteiger partial charge < -0.3 is 14.6 Å². The molecule has 7 atom stereocenters. The molecule has 3 heteroatoms. The maximum atomic E-state index is 10.3. The van der Waals surface area contributed by atoms with Crippen LogP contribution in [0.5, 0.6) is 0 Å². The van der Waals surface area contributed by atoms with Crippen molar-refractivity contribution in [2.75, 3.05) is 0 Å². The van der Waals surface area contributed by atoms with Crippen molar-refractivity contribution >= 4 is 0 Å². The Hall–Kier alpha value is -0.120. The Bertz CT molecular complexity index is 322. The number of rotatable bonds is 3. The summed E-state index contributed by atoms with van der Waals surface area (Å²) in [6, 6.07) is 0. The third-order valence-corrected chi connectivity index (χ3v) is 5.39. The highest BCUT2D eigenvalue weighted by atomic mass is 16.5. The summed E-state index contributed by atoms with van der Waals surface area (Å²) in [7, 11) is 0. The zero-order valence-corrected chi connectivity index (χ0v) is 11.9. The molecule has 3 fully saturated rings. The van der Waals surface area contributed by atoms with E-state index in [4.69, 9.17) is 9.47 Å². The average molecular weight is 254 g/mol. The fraction of sp³-hybridized carbons (Fsp3) is 1.00. The molecule has 3 saturated heterocycles. The van der Waals surface area contributed by atoms with Crippen LogP contribution >= 0.6 is 0 Å². The minimum Gasteiger partial charge on any atom is -0.390 e. The molecule has 3 aliphatic heterocycles. The van der Waals surface area contributed by atoms with Crippen LogP contribution in [0.3, 0.4) is 0 Å². The SMILES string of the molecule is CCC1OC(CC)C2C3OC(CC3C(C)(C)O)C12. The summed E-state index contributed by atoms with van der Waals surface area (Å²) in [5.41, 5.74) is -0.632. The van der Waals surface area contributed by atoms with Gasteiger partial charge in [-0.15, -0.1) is 0 Å². The van der Waals surface area contributed by atoms with Crippen LogP contribution in [0.1, 0.15) is 47.0 Å². The molecule has 0 spiro atoms. The third kappa shape index (κ3) is 1.67. The molecule has 7 unspecified atom stereocenters. The zero-order valence-electron chi connectivity index (χ0n) is 11.9. The number of hydrogen-bond donors (Lipinski definition) is 1. The van der Waals surface area contributed by atoms with E-state index in [1.165, 1.54) is 0 Å². The summed E-state index contributed by atoms with van der Waals surface area (Å²) in [5.74, 6) is 1.36. The van der Waals surface area contributed by atoms with Crippen LogP contribution in [0, 0.1) is 17.8 Å². The van der Waals surface area contributed by atoms with Crippen LogP contribution in [0.4, 0.5) is 0 Å². The number of ether oxygens (including phenoxy) is 2. The number of hydrogen-bond acceptors (Lipinski definition) is 3. The van der Waals surface area contributed by atoms with Gasteiger partial charge in [0.1, 0.15) is 0 Å². The molecule has 3 heterocycles. The molecule has 0 aromatic carbocycles. The molecule has 0 amide bonds. The molecule has 0 aliphatic carbocycles. The summed E-state index contributed by atoms with van der Waals surface area (Å²) >= 11 is 0. The predicted molar refractivity (Wildman–Crippen MR) is 69.3 cm³/mol. The van der Waals surface area contributed by atoms with E-state index >= 15 is 0 Å². The normalized spacial score (nSPS) is 50.8. The van der Waals surface area contributed by atoms with Crippen molar-refractivity contribution < 1.29 is 14.6 Å². The molecule has 3 aliphatic rings. The Balaban J connectivity index is 1.86. The molecule has 18 heavy (non-hydrogen) atoms. The van der Waals surface area contributed by atoms with Crippen LogP contribution < -0.4 is 0 Å². The summed E-state index contributed by atoms with van der Waals surface area (Å²) in [4.78, 5) is 0. The summed E-state index contributed by atoms with van der Waals surface area (Å²) in [6.07, 6.45) is 4.38. The van der Waals surface area contributed by atoms with Crippen LogP contribution in [0.15, 0.2) is 0 Å². The standard InChI is InChI=1S/C15H26O3/c1-5-9-12-11-7-8(15(3,4)16)14(18-11)13(12)10(6-2)17-9/h8-14,16H,5-7H2,1-4H3. The Labute approximate surface area is 110 Å². The Morgan fingerprint density at radius 3 is 2.22 bits per heavy atom. The van der Waals surface area contributed by atoms with Crippen molar-refractivity contribution in [3.8, 4) is 0 Å². The smallest absolute Gasteiger partial charge is 0.0692 e. The van der Waals surface area contributed by atoms with E-state index in [2.05, 4.69) is 13.8 Å². The molecule has 1 N–H and O–H groups in total. The molecule has 104 valence electrons. The summed E-state index contributed by atoms with van der Waals surface area (Å²) < 4.78 is 12.4. The Kier molecular flexibility index (Phi) is 3.00. The van der Waals surface area contributed by atoms with Gasteiger partial charge in [-0.2, -0.15) is 0 Å². The van der Waals surface area contributed by atoms with Crippen molar-refractivity contribution in [2.45, 2.75) is 77.0 Å². The molecule has 3 rings (SSSR count). The largest absolute Gasteiger partial charge is 0.390 e. The fourth-order valence-electron chi connectivity index (χ4n) is 4.59. The lowest BCUT2D eigenvalue weighted by Gasteiger charge is -2.36. The molecular weight excluding hydrogens is 228 g/mol. The first kappa shape index (κ1) is 12.9. The van der Waals surface area contributed by atoms with E-state index in [-0.39, 0.29) is 12.0 Å². The van der Waals surface area contributed by atoms with E-state index in [0.29, 0.717) is 30.1 Å². The first-order valence-electron chi connectivity index (χ1n) is 7.50. The van der Waals surface area contributed by atoms with Gasteiger partial charge in [-0.05, 0) is 33.1 Å². The van der Waals surface area contributed by atoms with Crippen molar-refractivity contribution in [3.05, 3.63) is 0 Å². The molecule has 0 aromatic heterocycles. The van der Waals surface area contributed by atoms with Gasteiger partial charge in [0.05, 0.1) is 30.0 Å². The predicted octanol–water partition coefficient (Wildman–Crippen LogP) is 2.36. The number of aliphatic hydroxyl groups is 1. The minimum absolute atomic E-state index is 0.210.